The third-order valence-electron chi connectivity index (χ3n) is 4.28. The van der Waals surface area contributed by atoms with Crippen molar-refractivity contribution in [1.29, 1.82) is 0 Å². The number of hydrogen-bond acceptors (Lipinski definition) is 5. The Kier molecular flexibility index (Phi) is 5.90. The van der Waals surface area contributed by atoms with Gasteiger partial charge in [-0.15, -0.1) is 0 Å². The molecule has 1 aromatic rings. The molecule has 0 radical (unpaired) electrons. The minimum atomic E-state index is 0.117. The number of hydrogen-bond donors (Lipinski definition) is 1. The zero-order valence-corrected chi connectivity index (χ0v) is 13.8. The van der Waals surface area contributed by atoms with Crippen molar-refractivity contribution < 1.29 is 4.52 Å². The number of nitrogens with one attached hydrogen (secondary N) is 1. The van der Waals surface area contributed by atoms with E-state index in [4.69, 9.17) is 9.51 Å². The van der Waals surface area contributed by atoms with Gasteiger partial charge in [-0.2, -0.15) is 16.7 Å². The van der Waals surface area contributed by atoms with Gasteiger partial charge in [-0.05, 0) is 38.8 Å². The molecule has 0 aromatic carbocycles. The number of thioether (sulfide) groups is 1. The van der Waals surface area contributed by atoms with Crippen LogP contribution in [-0.4, -0.2) is 28.5 Å². The normalized spacial score (nSPS) is 19.9. The van der Waals surface area contributed by atoms with Gasteiger partial charge in [0.25, 0.3) is 0 Å². The van der Waals surface area contributed by atoms with E-state index in [9.17, 15) is 0 Å². The molecule has 114 valence electrons. The van der Waals surface area contributed by atoms with Crippen molar-refractivity contribution in [2.45, 2.75) is 69.3 Å². The third-order valence-corrected chi connectivity index (χ3v) is 5.61. The Morgan fingerprint density at radius 1 is 1.35 bits per heavy atom. The van der Waals surface area contributed by atoms with Crippen LogP contribution in [0.2, 0.25) is 0 Å². The van der Waals surface area contributed by atoms with Crippen molar-refractivity contribution in [3.8, 4) is 0 Å². The molecule has 1 fully saturated rings. The molecule has 20 heavy (non-hydrogen) atoms. The summed E-state index contributed by atoms with van der Waals surface area (Å²) in [6.45, 7) is 8.81. The van der Waals surface area contributed by atoms with Crippen LogP contribution >= 0.6 is 11.8 Å². The Labute approximate surface area is 126 Å². The second-order valence-corrected chi connectivity index (χ2v) is 7.25. The SMILES string of the molecule is CCCC1(c2nc(CSC(C)CC)no2)CCNCC1. The summed E-state index contributed by atoms with van der Waals surface area (Å²) in [6, 6.07) is 0. The molecule has 0 saturated carbocycles. The van der Waals surface area contributed by atoms with E-state index in [1.54, 1.807) is 0 Å². The smallest absolute Gasteiger partial charge is 0.232 e. The van der Waals surface area contributed by atoms with E-state index >= 15 is 0 Å². The van der Waals surface area contributed by atoms with Crippen molar-refractivity contribution >= 4 is 11.8 Å². The molecule has 0 amide bonds. The second kappa shape index (κ2) is 7.46. The summed E-state index contributed by atoms with van der Waals surface area (Å²) < 4.78 is 5.62. The van der Waals surface area contributed by atoms with Gasteiger partial charge in [-0.25, -0.2) is 0 Å². The summed E-state index contributed by atoms with van der Waals surface area (Å²) in [7, 11) is 0. The zero-order valence-electron chi connectivity index (χ0n) is 12.9. The fraction of sp³-hybridized carbons (Fsp3) is 0.867. The maximum Gasteiger partial charge on any atom is 0.232 e. The van der Waals surface area contributed by atoms with E-state index in [0.29, 0.717) is 5.25 Å². The van der Waals surface area contributed by atoms with Gasteiger partial charge < -0.3 is 9.84 Å². The van der Waals surface area contributed by atoms with Crippen molar-refractivity contribution in [1.82, 2.24) is 15.5 Å². The third kappa shape index (κ3) is 3.76. The average Bonchev–Trinajstić information content (AvgIpc) is 2.95. The first-order valence-corrected chi connectivity index (χ1v) is 8.90. The summed E-state index contributed by atoms with van der Waals surface area (Å²) >= 11 is 1.90. The molecule has 0 aliphatic carbocycles. The van der Waals surface area contributed by atoms with Crippen LogP contribution in [0.15, 0.2) is 4.52 Å². The standard InChI is InChI=1S/C15H27N3OS/c1-4-6-15(7-9-16-10-8-15)14-17-13(18-19-14)11-20-12(3)5-2/h12,16H,4-11H2,1-3H3. The quantitative estimate of drug-likeness (QED) is 0.834. The summed E-state index contributed by atoms with van der Waals surface area (Å²) in [4.78, 5) is 4.70. The van der Waals surface area contributed by atoms with Crippen LogP contribution in [0.25, 0.3) is 0 Å². The highest BCUT2D eigenvalue weighted by molar-refractivity contribution is 7.99. The van der Waals surface area contributed by atoms with Crippen LogP contribution in [0.4, 0.5) is 0 Å². The maximum absolute atomic E-state index is 5.62. The van der Waals surface area contributed by atoms with E-state index in [0.717, 1.165) is 49.8 Å². The molecule has 0 spiro atoms. The molecular weight excluding hydrogens is 270 g/mol. The Bertz CT molecular complexity index is 396. The fourth-order valence-corrected chi connectivity index (χ4v) is 3.60. The highest BCUT2D eigenvalue weighted by Gasteiger charge is 2.38. The molecule has 1 atom stereocenters. The topological polar surface area (TPSA) is 51.0 Å². The van der Waals surface area contributed by atoms with E-state index in [-0.39, 0.29) is 5.41 Å². The van der Waals surface area contributed by atoms with Crippen LogP contribution in [-0.2, 0) is 11.2 Å². The molecule has 1 saturated heterocycles. The molecular formula is C15H27N3OS. The molecule has 2 heterocycles. The van der Waals surface area contributed by atoms with E-state index in [1.165, 1.54) is 12.8 Å². The molecule has 1 aliphatic rings. The maximum atomic E-state index is 5.62. The summed E-state index contributed by atoms with van der Waals surface area (Å²) in [5.74, 6) is 2.60. The monoisotopic (exact) mass is 297 g/mol. The van der Waals surface area contributed by atoms with Crippen LogP contribution in [0.1, 0.15) is 64.6 Å². The lowest BCUT2D eigenvalue weighted by molar-refractivity contribution is 0.208. The lowest BCUT2D eigenvalue weighted by Gasteiger charge is -2.34. The first kappa shape index (κ1) is 15.8. The predicted molar refractivity (Wildman–Crippen MR) is 84.0 cm³/mol. The fourth-order valence-electron chi connectivity index (χ4n) is 2.82. The second-order valence-electron chi connectivity index (χ2n) is 5.83. The lowest BCUT2D eigenvalue weighted by atomic mass is 9.75. The molecule has 1 aliphatic heterocycles. The molecule has 4 nitrogen and oxygen atoms in total. The van der Waals surface area contributed by atoms with Gasteiger partial charge in [0, 0.05) is 5.25 Å². The zero-order chi connectivity index (χ0) is 14.4. The van der Waals surface area contributed by atoms with Crippen LogP contribution in [0.5, 0.6) is 0 Å². The van der Waals surface area contributed by atoms with Crippen molar-refractivity contribution in [3.63, 3.8) is 0 Å². The largest absolute Gasteiger partial charge is 0.339 e. The Hall–Kier alpha value is -0.550. The van der Waals surface area contributed by atoms with Gasteiger partial charge in [0.1, 0.15) is 0 Å². The Balaban J connectivity index is 2.04. The van der Waals surface area contributed by atoms with Crippen molar-refractivity contribution in [2.75, 3.05) is 13.1 Å². The van der Waals surface area contributed by atoms with Gasteiger partial charge in [-0.1, -0.05) is 32.3 Å². The lowest BCUT2D eigenvalue weighted by Crippen LogP contribution is -2.40. The van der Waals surface area contributed by atoms with Gasteiger partial charge in [0.05, 0.1) is 11.2 Å². The summed E-state index contributed by atoms with van der Waals surface area (Å²) in [5, 5.41) is 8.28. The van der Waals surface area contributed by atoms with Gasteiger partial charge >= 0.3 is 0 Å². The van der Waals surface area contributed by atoms with E-state index in [2.05, 4.69) is 31.2 Å². The highest BCUT2D eigenvalue weighted by Crippen LogP contribution is 2.37. The van der Waals surface area contributed by atoms with Gasteiger partial charge in [-0.3, -0.25) is 0 Å². The molecule has 2 rings (SSSR count). The van der Waals surface area contributed by atoms with E-state index < -0.39 is 0 Å². The Morgan fingerprint density at radius 2 is 2.10 bits per heavy atom. The number of nitrogens with zero attached hydrogens (tertiary/aromatic N) is 2. The molecule has 1 unspecified atom stereocenters. The molecule has 0 bridgehead atoms. The van der Waals surface area contributed by atoms with E-state index in [1.807, 2.05) is 11.8 Å². The first-order chi connectivity index (χ1) is 9.70. The highest BCUT2D eigenvalue weighted by atomic mass is 32.2. The number of rotatable bonds is 7. The first-order valence-electron chi connectivity index (χ1n) is 7.85. The van der Waals surface area contributed by atoms with Gasteiger partial charge in [0.15, 0.2) is 5.82 Å². The van der Waals surface area contributed by atoms with Crippen LogP contribution in [0.3, 0.4) is 0 Å². The minimum absolute atomic E-state index is 0.117. The van der Waals surface area contributed by atoms with Crippen LogP contribution < -0.4 is 5.32 Å². The van der Waals surface area contributed by atoms with Crippen molar-refractivity contribution in [3.05, 3.63) is 11.7 Å². The molecule has 1 N–H and O–H groups in total. The molecule has 5 heteroatoms. The number of aromatic nitrogens is 2. The summed E-state index contributed by atoms with van der Waals surface area (Å²) in [5.41, 5.74) is 0.117. The van der Waals surface area contributed by atoms with Crippen LogP contribution in [0, 0.1) is 0 Å². The number of piperidine rings is 1. The Morgan fingerprint density at radius 3 is 2.75 bits per heavy atom. The van der Waals surface area contributed by atoms with Crippen molar-refractivity contribution in [2.24, 2.45) is 0 Å². The summed E-state index contributed by atoms with van der Waals surface area (Å²) in [6.07, 6.45) is 5.72. The van der Waals surface area contributed by atoms with Gasteiger partial charge in [0.2, 0.25) is 5.89 Å². The average molecular weight is 297 g/mol. The predicted octanol–water partition coefficient (Wildman–Crippen LogP) is 3.52. The molecule has 1 aromatic heterocycles. The minimum Gasteiger partial charge on any atom is -0.339 e.